The Morgan fingerprint density at radius 3 is 2.75 bits per heavy atom. The molecule has 1 aliphatic heterocycles. The van der Waals surface area contributed by atoms with Crippen LogP contribution in [0.2, 0.25) is 0 Å². The van der Waals surface area contributed by atoms with Crippen molar-refractivity contribution in [3.8, 4) is 0 Å². The van der Waals surface area contributed by atoms with Gasteiger partial charge in [-0.15, -0.1) is 5.06 Å². The van der Waals surface area contributed by atoms with Gasteiger partial charge in [0.1, 0.15) is 6.04 Å². The van der Waals surface area contributed by atoms with Gasteiger partial charge in [0, 0.05) is 4.91 Å². The molecule has 0 spiro atoms. The van der Waals surface area contributed by atoms with Crippen molar-refractivity contribution in [2.45, 2.75) is 26.8 Å². The average Bonchev–Trinajstić information content (AvgIpc) is 2.46. The fourth-order valence-electron chi connectivity index (χ4n) is 1.13. The number of carbonyl (C=O) groups is 2. The van der Waals surface area contributed by atoms with E-state index in [0.29, 0.717) is 0 Å². The van der Waals surface area contributed by atoms with E-state index in [0.717, 1.165) is 0 Å². The molecule has 1 unspecified atom stereocenters. The first-order valence-electron chi connectivity index (χ1n) is 4.89. The Kier molecular flexibility index (Phi) is 3.51. The van der Waals surface area contributed by atoms with Crippen LogP contribution in [-0.2, 0) is 14.4 Å². The second-order valence-electron chi connectivity index (χ2n) is 4.64. The Morgan fingerprint density at radius 2 is 2.25 bits per heavy atom. The zero-order chi connectivity index (χ0) is 12.3. The number of carbonyl (C=O) groups excluding carboxylic acids is 2. The van der Waals surface area contributed by atoms with Crippen molar-refractivity contribution in [2.24, 2.45) is 10.5 Å². The molecule has 0 saturated carbocycles. The molecule has 0 bridgehead atoms. The van der Waals surface area contributed by atoms with Crippen molar-refractivity contribution >= 4 is 11.8 Å². The molecule has 0 aromatic rings. The van der Waals surface area contributed by atoms with Gasteiger partial charge in [0.05, 0.1) is 18.5 Å². The van der Waals surface area contributed by atoms with Gasteiger partial charge in [-0.05, 0) is 26.3 Å². The second kappa shape index (κ2) is 4.51. The molecular weight excluding hydrogens is 212 g/mol. The van der Waals surface area contributed by atoms with Gasteiger partial charge in [0.25, 0.3) is 0 Å². The van der Waals surface area contributed by atoms with E-state index >= 15 is 0 Å². The van der Waals surface area contributed by atoms with Crippen LogP contribution in [0.25, 0.3) is 10.4 Å². The Balaban J connectivity index is 2.57. The first-order valence-corrected chi connectivity index (χ1v) is 4.89. The maximum atomic E-state index is 11.5. The Bertz CT molecular complexity index is 354. The van der Waals surface area contributed by atoms with Crippen LogP contribution < -0.4 is 0 Å². The molecule has 1 heterocycles. The van der Waals surface area contributed by atoms with Crippen LogP contribution >= 0.6 is 0 Å². The highest BCUT2D eigenvalue weighted by molar-refractivity contribution is 5.88. The van der Waals surface area contributed by atoms with E-state index in [1.54, 1.807) is 20.8 Å². The van der Waals surface area contributed by atoms with Gasteiger partial charge in [-0.3, -0.25) is 4.79 Å². The lowest BCUT2D eigenvalue weighted by atomic mass is 9.98. The molecule has 7 nitrogen and oxygen atoms in total. The van der Waals surface area contributed by atoms with E-state index in [2.05, 4.69) is 10.0 Å². The molecule has 7 heteroatoms. The molecule has 0 aromatic heterocycles. The predicted octanol–water partition coefficient (Wildman–Crippen LogP) is 1.05. The summed E-state index contributed by atoms with van der Waals surface area (Å²) in [6, 6.07) is -0.752. The van der Waals surface area contributed by atoms with E-state index in [9.17, 15) is 9.59 Å². The van der Waals surface area contributed by atoms with Crippen LogP contribution in [0.3, 0.4) is 0 Å². The number of nitrogens with zero attached hydrogens (tertiary/aromatic N) is 4. The zero-order valence-electron chi connectivity index (χ0n) is 9.51. The molecule has 16 heavy (non-hydrogen) atoms. The van der Waals surface area contributed by atoms with Crippen molar-refractivity contribution in [2.75, 3.05) is 13.1 Å². The highest BCUT2D eigenvalue weighted by Crippen LogP contribution is 2.18. The summed E-state index contributed by atoms with van der Waals surface area (Å²) in [5.41, 5.74) is 7.60. The van der Waals surface area contributed by atoms with Gasteiger partial charge in [0.2, 0.25) is 0 Å². The summed E-state index contributed by atoms with van der Waals surface area (Å²) in [6.45, 7) is 5.27. The van der Waals surface area contributed by atoms with Gasteiger partial charge in [-0.2, -0.15) is 0 Å². The Labute approximate surface area is 92.9 Å². The van der Waals surface area contributed by atoms with Gasteiger partial charge in [-0.25, -0.2) is 4.79 Å². The highest BCUT2D eigenvalue weighted by atomic mass is 16.7. The van der Waals surface area contributed by atoms with E-state index in [4.69, 9.17) is 10.4 Å². The van der Waals surface area contributed by atoms with Gasteiger partial charge >= 0.3 is 5.97 Å². The molecule has 1 atom stereocenters. The molecule has 0 amide bonds. The lowest BCUT2D eigenvalue weighted by Crippen LogP contribution is -2.32. The maximum Gasteiger partial charge on any atom is 0.330 e. The van der Waals surface area contributed by atoms with Gasteiger partial charge in [0.15, 0.2) is 5.78 Å². The van der Waals surface area contributed by atoms with Crippen molar-refractivity contribution in [3.63, 3.8) is 0 Å². The number of azide groups is 1. The average molecular weight is 226 g/mol. The second-order valence-corrected chi connectivity index (χ2v) is 4.64. The lowest BCUT2D eigenvalue weighted by Gasteiger charge is -2.21. The van der Waals surface area contributed by atoms with Crippen LogP contribution in [0.5, 0.6) is 0 Å². The van der Waals surface area contributed by atoms with Crippen molar-refractivity contribution < 1.29 is 14.4 Å². The molecule has 1 rings (SSSR count). The smallest absolute Gasteiger partial charge is 0.330 e. The number of Topliss-reactive ketones (excluding diaryl/α,β-unsaturated/α-hetero) is 1. The zero-order valence-corrected chi connectivity index (χ0v) is 9.51. The van der Waals surface area contributed by atoms with Crippen LogP contribution in [-0.4, -0.2) is 35.9 Å². The number of ketones is 1. The van der Waals surface area contributed by atoms with E-state index in [1.807, 2.05) is 0 Å². The predicted molar refractivity (Wildman–Crippen MR) is 55.1 cm³/mol. The molecule has 1 aliphatic rings. The standard InChI is InChI=1S/C9H14N4O3/c1-9(2,3)8(15)16-13-4-6(11-12-10)7(14)5-13/h6H,4-5H2,1-3H3. The SMILES string of the molecule is CC(C)(C)C(=O)ON1CC(=O)C(N=[N+]=[N-])C1. The molecule has 0 aliphatic carbocycles. The fourth-order valence-corrected chi connectivity index (χ4v) is 1.13. The first-order chi connectivity index (χ1) is 7.34. The number of hydrogen-bond donors (Lipinski definition) is 0. The summed E-state index contributed by atoms with van der Waals surface area (Å²) in [4.78, 5) is 30.4. The molecule has 0 N–H and O–H groups in total. The normalized spacial score (nSPS) is 21.7. The van der Waals surface area contributed by atoms with E-state index < -0.39 is 17.4 Å². The largest absolute Gasteiger partial charge is 0.367 e. The molecule has 0 radical (unpaired) electrons. The van der Waals surface area contributed by atoms with Crippen LogP contribution in [0.1, 0.15) is 20.8 Å². The number of rotatable bonds is 2. The third kappa shape index (κ3) is 2.95. The quantitative estimate of drug-likeness (QED) is 0.399. The molecule has 1 saturated heterocycles. The highest BCUT2D eigenvalue weighted by Gasteiger charge is 2.34. The monoisotopic (exact) mass is 226 g/mol. The molecule has 0 aromatic carbocycles. The fraction of sp³-hybridized carbons (Fsp3) is 0.778. The summed E-state index contributed by atoms with van der Waals surface area (Å²) in [6.07, 6.45) is 0. The summed E-state index contributed by atoms with van der Waals surface area (Å²) >= 11 is 0. The topological polar surface area (TPSA) is 95.4 Å². The molecule has 1 fully saturated rings. The molecule has 88 valence electrons. The van der Waals surface area contributed by atoms with Gasteiger partial charge < -0.3 is 4.84 Å². The van der Waals surface area contributed by atoms with Crippen molar-refractivity contribution in [1.29, 1.82) is 0 Å². The van der Waals surface area contributed by atoms with Crippen molar-refractivity contribution in [3.05, 3.63) is 10.4 Å². The number of hydroxylamine groups is 2. The first kappa shape index (κ1) is 12.5. The third-order valence-corrected chi connectivity index (χ3v) is 2.10. The molecular formula is C9H14N4O3. The summed E-state index contributed by atoms with van der Waals surface area (Å²) < 4.78 is 0. The van der Waals surface area contributed by atoms with Crippen LogP contribution in [0, 0.1) is 5.41 Å². The minimum atomic E-state index is -0.752. The van der Waals surface area contributed by atoms with Crippen molar-refractivity contribution in [1.82, 2.24) is 5.06 Å². The Hall–Kier alpha value is -1.59. The summed E-state index contributed by atoms with van der Waals surface area (Å²) in [5, 5.41) is 4.55. The Morgan fingerprint density at radius 1 is 1.62 bits per heavy atom. The summed E-state index contributed by atoms with van der Waals surface area (Å²) in [5.74, 6) is -0.651. The third-order valence-electron chi connectivity index (χ3n) is 2.10. The van der Waals surface area contributed by atoms with Crippen LogP contribution in [0.4, 0.5) is 0 Å². The van der Waals surface area contributed by atoms with E-state index in [1.165, 1.54) is 5.06 Å². The maximum absolute atomic E-state index is 11.5. The number of hydrogen-bond acceptors (Lipinski definition) is 5. The van der Waals surface area contributed by atoms with E-state index in [-0.39, 0.29) is 18.9 Å². The lowest BCUT2D eigenvalue weighted by molar-refractivity contribution is -0.195. The van der Waals surface area contributed by atoms with Crippen LogP contribution in [0.15, 0.2) is 5.11 Å². The minimum Gasteiger partial charge on any atom is -0.367 e. The van der Waals surface area contributed by atoms with Gasteiger partial charge in [-0.1, -0.05) is 5.11 Å². The minimum absolute atomic E-state index is 0.0223. The summed E-state index contributed by atoms with van der Waals surface area (Å²) in [7, 11) is 0.